The molecular formula is C7H12N2O. The van der Waals surface area contributed by atoms with Crippen molar-refractivity contribution in [2.45, 2.75) is 13.8 Å². The molecule has 0 amide bonds. The van der Waals surface area contributed by atoms with E-state index in [1.165, 1.54) is 0 Å². The lowest BCUT2D eigenvalue weighted by atomic mass is 10.2. The normalized spacial score (nSPS) is 10.3. The van der Waals surface area contributed by atoms with Crippen molar-refractivity contribution in [1.82, 2.24) is 9.97 Å². The molecule has 1 N–H and O–H groups in total. The highest BCUT2D eigenvalue weighted by Gasteiger charge is 1.96. The molecule has 0 spiro atoms. The minimum absolute atomic E-state index is 0.546. The highest BCUT2D eigenvalue weighted by molar-refractivity contribution is 4.92. The van der Waals surface area contributed by atoms with Crippen LogP contribution in [0.3, 0.4) is 0 Å². The summed E-state index contributed by atoms with van der Waals surface area (Å²) in [6.07, 6.45) is 3.42. The summed E-state index contributed by atoms with van der Waals surface area (Å²) in [5.41, 5.74) is 0. The maximum Gasteiger partial charge on any atom is 0.293 e. The number of aromatic amines is 1. The Kier molecular flexibility index (Phi) is 2.31. The molecule has 1 aromatic rings. The molecule has 0 aromatic carbocycles. The van der Waals surface area contributed by atoms with E-state index in [0.717, 1.165) is 0 Å². The van der Waals surface area contributed by atoms with Crippen LogP contribution in [0.1, 0.15) is 13.8 Å². The molecule has 0 aliphatic heterocycles. The fraction of sp³-hybridized carbons (Fsp3) is 0.571. The van der Waals surface area contributed by atoms with Crippen LogP contribution < -0.4 is 4.74 Å². The largest absolute Gasteiger partial charge is 0.465 e. The Hall–Kier alpha value is -0.990. The van der Waals surface area contributed by atoms with Crippen molar-refractivity contribution in [2.24, 2.45) is 5.92 Å². The van der Waals surface area contributed by atoms with Crippen molar-refractivity contribution in [2.75, 3.05) is 6.61 Å². The van der Waals surface area contributed by atoms with Crippen molar-refractivity contribution in [3.63, 3.8) is 0 Å². The highest BCUT2D eigenvalue weighted by Crippen LogP contribution is 2.00. The van der Waals surface area contributed by atoms with Crippen LogP contribution in [0.15, 0.2) is 12.4 Å². The van der Waals surface area contributed by atoms with E-state index in [4.69, 9.17) is 4.74 Å². The molecule has 56 valence electrons. The van der Waals surface area contributed by atoms with E-state index in [1.54, 1.807) is 12.4 Å². The summed E-state index contributed by atoms with van der Waals surface area (Å²) in [6.45, 7) is 4.92. The number of ether oxygens (including phenoxy) is 1. The Balaban J connectivity index is 2.28. The number of hydrogen-bond donors (Lipinski definition) is 1. The molecule has 0 saturated heterocycles. The van der Waals surface area contributed by atoms with Gasteiger partial charge in [0.25, 0.3) is 6.01 Å². The molecule has 3 nitrogen and oxygen atoms in total. The molecule has 0 fully saturated rings. The first-order valence-electron chi connectivity index (χ1n) is 3.41. The van der Waals surface area contributed by atoms with Crippen molar-refractivity contribution in [3.05, 3.63) is 12.4 Å². The number of nitrogens with zero attached hydrogens (tertiary/aromatic N) is 1. The third-order valence-corrected chi connectivity index (χ3v) is 1.03. The second-order valence-electron chi connectivity index (χ2n) is 2.60. The summed E-state index contributed by atoms with van der Waals surface area (Å²) < 4.78 is 5.24. The van der Waals surface area contributed by atoms with Crippen LogP contribution in [0.4, 0.5) is 0 Å². The van der Waals surface area contributed by atoms with Gasteiger partial charge in [0.1, 0.15) is 0 Å². The summed E-state index contributed by atoms with van der Waals surface area (Å²) >= 11 is 0. The first-order valence-corrected chi connectivity index (χ1v) is 3.41. The van der Waals surface area contributed by atoms with Gasteiger partial charge in [0.2, 0.25) is 0 Å². The van der Waals surface area contributed by atoms with Crippen molar-refractivity contribution < 1.29 is 4.74 Å². The molecule has 1 heterocycles. The summed E-state index contributed by atoms with van der Waals surface area (Å²) in [5, 5.41) is 0. The zero-order valence-corrected chi connectivity index (χ0v) is 6.29. The predicted molar refractivity (Wildman–Crippen MR) is 38.9 cm³/mol. The third kappa shape index (κ3) is 2.09. The summed E-state index contributed by atoms with van der Waals surface area (Å²) in [7, 11) is 0. The van der Waals surface area contributed by atoms with E-state index in [-0.39, 0.29) is 0 Å². The Bertz CT molecular complexity index is 170. The van der Waals surface area contributed by atoms with Gasteiger partial charge >= 0.3 is 0 Å². The van der Waals surface area contributed by atoms with Gasteiger partial charge in [-0.3, -0.25) is 0 Å². The molecule has 0 unspecified atom stereocenters. The quantitative estimate of drug-likeness (QED) is 0.690. The molecule has 0 aliphatic carbocycles. The van der Waals surface area contributed by atoms with Crippen LogP contribution in [0.2, 0.25) is 0 Å². The number of hydrogen-bond acceptors (Lipinski definition) is 2. The number of rotatable bonds is 3. The van der Waals surface area contributed by atoms with Crippen LogP contribution in [0.25, 0.3) is 0 Å². The van der Waals surface area contributed by atoms with Crippen molar-refractivity contribution >= 4 is 0 Å². The number of H-pyrrole nitrogens is 1. The highest BCUT2D eigenvalue weighted by atomic mass is 16.5. The number of nitrogens with one attached hydrogen (secondary N) is 1. The van der Waals surface area contributed by atoms with Gasteiger partial charge in [0.15, 0.2) is 0 Å². The topological polar surface area (TPSA) is 37.9 Å². The predicted octanol–water partition coefficient (Wildman–Crippen LogP) is 1.44. The molecule has 0 atom stereocenters. The summed E-state index contributed by atoms with van der Waals surface area (Å²) in [5.74, 6) is 0.546. The monoisotopic (exact) mass is 140 g/mol. The Morgan fingerprint density at radius 3 is 3.00 bits per heavy atom. The molecule has 0 bridgehead atoms. The molecule has 10 heavy (non-hydrogen) atoms. The second-order valence-corrected chi connectivity index (χ2v) is 2.60. The van der Waals surface area contributed by atoms with E-state index in [2.05, 4.69) is 23.8 Å². The van der Waals surface area contributed by atoms with Crippen LogP contribution >= 0.6 is 0 Å². The molecule has 3 heteroatoms. The first kappa shape index (κ1) is 7.12. The van der Waals surface area contributed by atoms with Crippen LogP contribution in [-0.4, -0.2) is 16.6 Å². The molecule has 0 saturated carbocycles. The minimum atomic E-state index is 0.546. The molecular weight excluding hydrogens is 128 g/mol. The van der Waals surface area contributed by atoms with Crippen molar-refractivity contribution in [1.29, 1.82) is 0 Å². The lowest BCUT2D eigenvalue weighted by Crippen LogP contribution is -2.05. The van der Waals surface area contributed by atoms with Gasteiger partial charge in [-0.25, -0.2) is 4.98 Å². The van der Waals surface area contributed by atoms with Gasteiger partial charge in [-0.05, 0) is 5.92 Å². The second kappa shape index (κ2) is 3.25. The molecule has 1 rings (SSSR count). The SMILES string of the molecule is CC(C)COc1ncc[nH]1. The number of aromatic nitrogens is 2. The zero-order chi connectivity index (χ0) is 7.40. The van der Waals surface area contributed by atoms with Crippen LogP contribution in [0.5, 0.6) is 6.01 Å². The maximum atomic E-state index is 5.24. The summed E-state index contributed by atoms with van der Waals surface area (Å²) in [6, 6.07) is 0.605. The van der Waals surface area contributed by atoms with E-state index < -0.39 is 0 Å². The Labute approximate surface area is 60.4 Å². The van der Waals surface area contributed by atoms with Gasteiger partial charge in [-0.2, -0.15) is 0 Å². The zero-order valence-electron chi connectivity index (χ0n) is 6.29. The van der Waals surface area contributed by atoms with Crippen LogP contribution in [-0.2, 0) is 0 Å². The Morgan fingerprint density at radius 2 is 2.50 bits per heavy atom. The Morgan fingerprint density at radius 1 is 1.70 bits per heavy atom. The molecule has 0 radical (unpaired) electrons. The van der Waals surface area contributed by atoms with E-state index in [1.807, 2.05) is 0 Å². The molecule has 0 aliphatic rings. The van der Waals surface area contributed by atoms with Gasteiger partial charge in [0.05, 0.1) is 6.61 Å². The van der Waals surface area contributed by atoms with E-state index >= 15 is 0 Å². The lowest BCUT2D eigenvalue weighted by Gasteiger charge is -2.03. The first-order chi connectivity index (χ1) is 4.79. The maximum absolute atomic E-state index is 5.24. The molecule has 1 aromatic heterocycles. The van der Waals surface area contributed by atoms with Gasteiger partial charge in [0, 0.05) is 12.4 Å². The third-order valence-electron chi connectivity index (χ3n) is 1.03. The van der Waals surface area contributed by atoms with Gasteiger partial charge in [-0.1, -0.05) is 13.8 Å². The van der Waals surface area contributed by atoms with Crippen molar-refractivity contribution in [3.8, 4) is 6.01 Å². The van der Waals surface area contributed by atoms with Gasteiger partial charge in [-0.15, -0.1) is 0 Å². The lowest BCUT2D eigenvalue weighted by molar-refractivity contribution is 0.253. The van der Waals surface area contributed by atoms with E-state index in [0.29, 0.717) is 18.5 Å². The van der Waals surface area contributed by atoms with Gasteiger partial charge < -0.3 is 9.72 Å². The fourth-order valence-corrected chi connectivity index (χ4v) is 0.575. The van der Waals surface area contributed by atoms with E-state index in [9.17, 15) is 0 Å². The average Bonchev–Trinajstić information content (AvgIpc) is 2.34. The minimum Gasteiger partial charge on any atom is -0.465 e. The van der Waals surface area contributed by atoms with Crippen LogP contribution in [0, 0.1) is 5.92 Å². The smallest absolute Gasteiger partial charge is 0.293 e. The summed E-state index contributed by atoms with van der Waals surface area (Å²) in [4.78, 5) is 6.77. The number of imidazole rings is 1. The fourth-order valence-electron chi connectivity index (χ4n) is 0.575. The standard InChI is InChI=1S/C7H12N2O/c1-6(2)5-10-7-8-3-4-9-7/h3-4,6H,5H2,1-2H3,(H,8,9). The average molecular weight is 140 g/mol.